The quantitative estimate of drug-likeness (QED) is 0.770. The molecular formula is C13H15N3O2S. The minimum Gasteiger partial charge on any atom is -0.392 e. The summed E-state index contributed by atoms with van der Waals surface area (Å²) < 4.78 is 0. The predicted octanol–water partition coefficient (Wildman–Crippen LogP) is 1.39. The third-order valence-electron chi connectivity index (χ3n) is 2.51. The van der Waals surface area contributed by atoms with Gasteiger partial charge in [0.2, 0.25) is 0 Å². The van der Waals surface area contributed by atoms with Crippen molar-refractivity contribution in [2.24, 2.45) is 5.73 Å². The summed E-state index contributed by atoms with van der Waals surface area (Å²) in [6.07, 6.45) is 0.679. The van der Waals surface area contributed by atoms with E-state index in [2.05, 4.69) is 10.3 Å². The number of hydrogen-bond acceptors (Lipinski definition) is 5. The van der Waals surface area contributed by atoms with Gasteiger partial charge in [-0.15, -0.1) is 11.3 Å². The second-order valence-electron chi connectivity index (χ2n) is 3.98. The molecule has 0 unspecified atom stereocenters. The molecule has 2 aromatic rings. The topological polar surface area (TPSA) is 88.2 Å². The summed E-state index contributed by atoms with van der Waals surface area (Å²) in [6.45, 7) is 0.466. The van der Waals surface area contributed by atoms with Crippen LogP contribution in [0.2, 0.25) is 0 Å². The number of anilines is 1. The molecule has 0 radical (unpaired) electrons. The van der Waals surface area contributed by atoms with Gasteiger partial charge in [0, 0.05) is 17.5 Å². The van der Waals surface area contributed by atoms with Gasteiger partial charge < -0.3 is 16.2 Å². The summed E-state index contributed by atoms with van der Waals surface area (Å²) in [5.74, 6) is -0.255. The van der Waals surface area contributed by atoms with Crippen molar-refractivity contribution in [3.05, 3.63) is 45.9 Å². The number of rotatable bonds is 5. The van der Waals surface area contributed by atoms with Crippen molar-refractivity contribution < 1.29 is 9.90 Å². The maximum atomic E-state index is 12.0. The largest absolute Gasteiger partial charge is 0.392 e. The Morgan fingerprint density at radius 3 is 3.05 bits per heavy atom. The fourth-order valence-electron chi connectivity index (χ4n) is 1.60. The van der Waals surface area contributed by atoms with Crippen LogP contribution in [-0.2, 0) is 13.0 Å². The van der Waals surface area contributed by atoms with E-state index in [1.165, 1.54) is 11.3 Å². The van der Waals surface area contributed by atoms with E-state index in [1.54, 1.807) is 29.6 Å². The van der Waals surface area contributed by atoms with Crippen LogP contribution in [0.3, 0.4) is 0 Å². The summed E-state index contributed by atoms with van der Waals surface area (Å²) in [5, 5.41) is 14.4. The molecular weight excluding hydrogens is 262 g/mol. The van der Waals surface area contributed by atoms with Crippen molar-refractivity contribution >= 4 is 22.9 Å². The van der Waals surface area contributed by atoms with Crippen molar-refractivity contribution in [1.82, 2.24) is 4.98 Å². The van der Waals surface area contributed by atoms with E-state index < -0.39 is 0 Å². The van der Waals surface area contributed by atoms with Crippen LogP contribution in [0, 0.1) is 0 Å². The van der Waals surface area contributed by atoms with Crippen LogP contribution >= 0.6 is 11.3 Å². The van der Waals surface area contributed by atoms with Crippen LogP contribution in [0.15, 0.2) is 29.6 Å². The van der Waals surface area contributed by atoms with Gasteiger partial charge in [-0.25, -0.2) is 4.98 Å². The maximum absolute atomic E-state index is 12.0. The molecule has 2 rings (SSSR count). The Balaban J connectivity index is 2.06. The second-order valence-corrected chi connectivity index (χ2v) is 4.92. The molecule has 1 amide bonds. The first kappa shape index (κ1) is 13.7. The third kappa shape index (κ3) is 3.60. The molecule has 0 saturated heterocycles. The lowest BCUT2D eigenvalue weighted by atomic mass is 10.2. The number of nitrogens with one attached hydrogen (secondary N) is 1. The highest BCUT2D eigenvalue weighted by Crippen LogP contribution is 2.14. The molecule has 5 nitrogen and oxygen atoms in total. The number of thiazole rings is 1. The van der Waals surface area contributed by atoms with Gasteiger partial charge in [-0.05, 0) is 24.2 Å². The second kappa shape index (κ2) is 6.42. The molecule has 19 heavy (non-hydrogen) atoms. The van der Waals surface area contributed by atoms with Gasteiger partial charge in [0.25, 0.3) is 5.91 Å². The summed E-state index contributed by atoms with van der Waals surface area (Å²) in [6, 6.07) is 7.06. The minimum absolute atomic E-state index is 0.0545. The molecule has 0 aliphatic rings. The van der Waals surface area contributed by atoms with E-state index in [1.807, 2.05) is 0 Å². The first-order chi connectivity index (χ1) is 9.22. The number of carbonyl (C=O) groups is 1. The van der Waals surface area contributed by atoms with Crippen LogP contribution in [0.4, 0.5) is 5.69 Å². The molecule has 4 N–H and O–H groups in total. The highest BCUT2D eigenvalue weighted by molar-refractivity contribution is 7.09. The van der Waals surface area contributed by atoms with E-state index >= 15 is 0 Å². The first-order valence-electron chi connectivity index (χ1n) is 5.88. The van der Waals surface area contributed by atoms with Crippen molar-refractivity contribution in [3.8, 4) is 0 Å². The molecule has 1 aromatic carbocycles. The van der Waals surface area contributed by atoms with Crippen LogP contribution in [0.25, 0.3) is 0 Å². The van der Waals surface area contributed by atoms with E-state index in [-0.39, 0.29) is 12.5 Å². The maximum Gasteiger partial charge on any atom is 0.275 e. The van der Waals surface area contributed by atoms with Crippen LogP contribution in [0.1, 0.15) is 21.1 Å². The fraction of sp³-hybridized carbons (Fsp3) is 0.231. The van der Waals surface area contributed by atoms with Gasteiger partial charge >= 0.3 is 0 Å². The number of aliphatic hydroxyl groups excluding tert-OH is 1. The Bertz CT molecular complexity index is 569. The van der Waals surface area contributed by atoms with Gasteiger partial charge in [-0.3, -0.25) is 4.79 Å². The molecule has 0 fully saturated rings. The Morgan fingerprint density at radius 1 is 1.47 bits per heavy atom. The van der Waals surface area contributed by atoms with Gasteiger partial charge in [-0.2, -0.15) is 0 Å². The number of carbonyl (C=O) groups excluding carboxylic acids is 1. The highest BCUT2D eigenvalue weighted by Gasteiger charge is 2.10. The van der Waals surface area contributed by atoms with E-state index in [4.69, 9.17) is 10.8 Å². The minimum atomic E-state index is -0.255. The lowest BCUT2D eigenvalue weighted by Crippen LogP contribution is -2.13. The summed E-state index contributed by atoms with van der Waals surface area (Å²) in [5.41, 5.74) is 7.23. The van der Waals surface area contributed by atoms with Gasteiger partial charge in [-0.1, -0.05) is 12.1 Å². The van der Waals surface area contributed by atoms with Gasteiger partial charge in [0.15, 0.2) is 0 Å². The molecule has 0 aliphatic heterocycles. The van der Waals surface area contributed by atoms with Gasteiger partial charge in [0.1, 0.15) is 5.69 Å². The average Bonchev–Trinajstić information content (AvgIpc) is 2.88. The first-order valence-corrected chi connectivity index (χ1v) is 6.76. The normalized spacial score (nSPS) is 10.4. The Labute approximate surface area is 115 Å². The number of amides is 1. The fourth-order valence-corrected chi connectivity index (χ4v) is 2.39. The Hall–Kier alpha value is -1.76. The molecule has 0 saturated carbocycles. The summed E-state index contributed by atoms with van der Waals surface area (Å²) in [4.78, 5) is 16.2. The predicted molar refractivity (Wildman–Crippen MR) is 75.2 cm³/mol. The SMILES string of the molecule is NCCc1nc(C(=O)Nc2cccc(CO)c2)cs1. The zero-order valence-electron chi connectivity index (χ0n) is 10.3. The molecule has 0 bridgehead atoms. The standard InChI is InChI=1S/C13H15N3O2S/c14-5-4-12-16-11(8-19-12)13(18)15-10-3-1-2-9(6-10)7-17/h1-3,6,8,17H,4-5,7,14H2,(H,15,18). The zero-order valence-corrected chi connectivity index (χ0v) is 11.1. The van der Waals surface area contributed by atoms with Crippen molar-refractivity contribution in [2.45, 2.75) is 13.0 Å². The molecule has 0 aliphatic carbocycles. The lowest BCUT2D eigenvalue weighted by Gasteiger charge is -2.04. The number of benzene rings is 1. The molecule has 6 heteroatoms. The monoisotopic (exact) mass is 277 g/mol. The third-order valence-corrected chi connectivity index (χ3v) is 3.42. The molecule has 0 spiro atoms. The summed E-state index contributed by atoms with van der Waals surface area (Å²) in [7, 11) is 0. The van der Waals surface area contributed by atoms with E-state index in [0.717, 1.165) is 10.6 Å². The summed E-state index contributed by atoms with van der Waals surface area (Å²) >= 11 is 1.43. The Kier molecular flexibility index (Phi) is 4.62. The smallest absolute Gasteiger partial charge is 0.275 e. The van der Waals surface area contributed by atoms with E-state index in [9.17, 15) is 4.79 Å². The molecule has 1 aromatic heterocycles. The van der Waals surface area contributed by atoms with Crippen molar-refractivity contribution in [3.63, 3.8) is 0 Å². The number of aromatic nitrogens is 1. The van der Waals surface area contributed by atoms with Crippen LogP contribution < -0.4 is 11.1 Å². The number of aliphatic hydroxyl groups is 1. The van der Waals surface area contributed by atoms with Crippen molar-refractivity contribution in [2.75, 3.05) is 11.9 Å². The number of nitrogens with zero attached hydrogens (tertiary/aromatic N) is 1. The van der Waals surface area contributed by atoms with Crippen LogP contribution in [-0.4, -0.2) is 22.5 Å². The molecule has 0 atom stereocenters. The number of hydrogen-bond donors (Lipinski definition) is 3. The van der Waals surface area contributed by atoms with Crippen molar-refractivity contribution in [1.29, 1.82) is 0 Å². The lowest BCUT2D eigenvalue weighted by molar-refractivity contribution is 0.102. The molecule has 100 valence electrons. The van der Waals surface area contributed by atoms with Crippen LogP contribution in [0.5, 0.6) is 0 Å². The zero-order chi connectivity index (χ0) is 13.7. The number of nitrogens with two attached hydrogens (primary N) is 1. The molecule has 1 heterocycles. The average molecular weight is 277 g/mol. The van der Waals surface area contributed by atoms with Gasteiger partial charge in [0.05, 0.1) is 11.6 Å². The van der Waals surface area contributed by atoms with E-state index in [0.29, 0.717) is 24.3 Å². The highest BCUT2D eigenvalue weighted by atomic mass is 32.1. The Morgan fingerprint density at radius 2 is 2.32 bits per heavy atom.